The van der Waals surface area contributed by atoms with Crippen molar-refractivity contribution >= 4 is 20.2 Å². The van der Waals surface area contributed by atoms with Crippen LogP contribution in [0.25, 0.3) is 0 Å². The van der Waals surface area contributed by atoms with Gasteiger partial charge in [-0.2, -0.15) is 4.21 Å². The zero-order chi connectivity index (χ0) is 10.3. The molecule has 1 unspecified atom stereocenters. The van der Waals surface area contributed by atoms with Crippen molar-refractivity contribution in [1.82, 2.24) is 4.90 Å². The first-order valence-corrected chi connectivity index (χ1v) is 6.55. The lowest BCUT2D eigenvalue weighted by Gasteiger charge is -2.08. The van der Waals surface area contributed by atoms with E-state index in [4.69, 9.17) is 4.55 Å². The van der Waals surface area contributed by atoms with E-state index in [0.717, 1.165) is 25.8 Å². The third-order valence-corrected chi connectivity index (χ3v) is 2.24. The molecular weight excluding hydrogens is 210 g/mol. The summed E-state index contributed by atoms with van der Waals surface area (Å²) in [5.74, 6) is 0. The second kappa shape index (κ2) is 6.67. The van der Waals surface area contributed by atoms with Crippen LogP contribution in [0.1, 0.15) is 19.3 Å². The van der Waals surface area contributed by atoms with Gasteiger partial charge in [-0.15, -0.1) is 0 Å². The molecule has 0 amide bonds. The molecule has 0 heterocycles. The van der Waals surface area contributed by atoms with Gasteiger partial charge in [0.25, 0.3) is 9.05 Å². The lowest BCUT2D eigenvalue weighted by atomic mass is 10.2. The van der Waals surface area contributed by atoms with Gasteiger partial charge in [0, 0.05) is 11.2 Å². The molecular formula is C7H17NO3S2. The normalized spacial score (nSPS) is 16.0. The predicted molar refractivity (Wildman–Crippen MR) is 56.5 cm³/mol. The number of hydrogen-bond donors (Lipinski definition) is 1. The Bertz CT molecular complexity index is 214. The van der Waals surface area contributed by atoms with E-state index in [1.54, 1.807) is 0 Å². The standard InChI is InChI=1S/C7H17NO3S2/c1-8(2)6-4-3-5-7-11-13(9,10)12/h3-7H2,1-2H3,(H,9,10,12). The molecule has 0 aromatic rings. The van der Waals surface area contributed by atoms with Gasteiger partial charge in [0.05, 0.1) is 6.61 Å². The SMILES string of the molecule is CN(C)CCCCCOS(=O)(O)=S. The van der Waals surface area contributed by atoms with Crippen LogP contribution in [0.4, 0.5) is 0 Å². The summed E-state index contributed by atoms with van der Waals surface area (Å²) in [6.45, 7) is 1.30. The summed E-state index contributed by atoms with van der Waals surface area (Å²) in [6.07, 6.45) is 2.84. The van der Waals surface area contributed by atoms with Crippen LogP contribution in [0.15, 0.2) is 0 Å². The first-order chi connectivity index (χ1) is 5.92. The maximum atomic E-state index is 10.5. The average molecular weight is 227 g/mol. The van der Waals surface area contributed by atoms with Crippen molar-refractivity contribution in [2.24, 2.45) is 0 Å². The highest BCUT2D eigenvalue weighted by Gasteiger charge is 1.98. The molecule has 6 heteroatoms. The second-order valence-corrected chi connectivity index (χ2v) is 5.47. The van der Waals surface area contributed by atoms with E-state index in [0.29, 0.717) is 0 Å². The number of hydrogen-bond acceptors (Lipinski definition) is 4. The molecule has 80 valence electrons. The van der Waals surface area contributed by atoms with Crippen molar-refractivity contribution in [2.45, 2.75) is 19.3 Å². The highest BCUT2D eigenvalue weighted by Crippen LogP contribution is 1.98. The van der Waals surface area contributed by atoms with Gasteiger partial charge < -0.3 is 4.90 Å². The van der Waals surface area contributed by atoms with Gasteiger partial charge in [0.1, 0.15) is 0 Å². The van der Waals surface area contributed by atoms with Gasteiger partial charge in [-0.1, -0.05) is 0 Å². The molecule has 1 N–H and O–H groups in total. The molecule has 0 rings (SSSR count). The van der Waals surface area contributed by atoms with E-state index in [1.807, 2.05) is 14.1 Å². The Labute approximate surface area is 85.0 Å². The molecule has 0 aliphatic heterocycles. The lowest BCUT2D eigenvalue weighted by Crippen LogP contribution is -2.13. The molecule has 13 heavy (non-hydrogen) atoms. The molecule has 0 saturated carbocycles. The molecule has 0 aliphatic carbocycles. The summed E-state index contributed by atoms with van der Waals surface area (Å²) < 4.78 is 23.6. The fourth-order valence-corrected chi connectivity index (χ4v) is 1.40. The quantitative estimate of drug-likeness (QED) is 0.654. The van der Waals surface area contributed by atoms with E-state index in [1.165, 1.54) is 0 Å². The summed E-state index contributed by atoms with van der Waals surface area (Å²) in [5, 5.41) is 0. The zero-order valence-corrected chi connectivity index (χ0v) is 9.70. The highest BCUT2D eigenvalue weighted by molar-refractivity contribution is 8.27. The van der Waals surface area contributed by atoms with Crippen molar-refractivity contribution in [1.29, 1.82) is 0 Å². The van der Waals surface area contributed by atoms with E-state index >= 15 is 0 Å². The van der Waals surface area contributed by atoms with Crippen molar-refractivity contribution in [3.63, 3.8) is 0 Å². The zero-order valence-electron chi connectivity index (χ0n) is 8.06. The Hall–Kier alpha value is 0.250. The summed E-state index contributed by atoms with van der Waals surface area (Å²) in [7, 11) is 0.624. The van der Waals surface area contributed by atoms with Crippen LogP contribution in [0, 0.1) is 0 Å². The van der Waals surface area contributed by atoms with Crippen LogP contribution < -0.4 is 0 Å². The molecule has 0 aromatic heterocycles. The average Bonchev–Trinajstić information content (AvgIpc) is 1.93. The van der Waals surface area contributed by atoms with E-state index in [9.17, 15) is 4.21 Å². The summed E-state index contributed by atoms with van der Waals surface area (Å²) in [4.78, 5) is 2.10. The maximum Gasteiger partial charge on any atom is 0.266 e. The van der Waals surface area contributed by atoms with E-state index in [2.05, 4.69) is 20.3 Å². The number of nitrogens with zero attached hydrogens (tertiary/aromatic N) is 1. The smallest absolute Gasteiger partial charge is 0.266 e. The van der Waals surface area contributed by atoms with Crippen LogP contribution in [-0.4, -0.2) is 40.9 Å². The van der Waals surface area contributed by atoms with Gasteiger partial charge in [0.15, 0.2) is 0 Å². The van der Waals surface area contributed by atoms with Crippen LogP contribution in [0.3, 0.4) is 0 Å². The Balaban J connectivity index is 3.18. The van der Waals surface area contributed by atoms with E-state index in [-0.39, 0.29) is 6.61 Å². The molecule has 0 aromatic carbocycles. The summed E-state index contributed by atoms with van der Waals surface area (Å²) in [5.41, 5.74) is 0. The molecule has 0 fully saturated rings. The monoisotopic (exact) mass is 227 g/mol. The van der Waals surface area contributed by atoms with Crippen molar-refractivity contribution < 1.29 is 12.9 Å². The largest absolute Gasteiger partial charge is 0.309 e. The first-order valence-electron chi connectivity index (χ1n) is 4.18. The topological polar surface area (TPSA) is 49.8 Å². The Morgan fingerprint density at radius 1 is 1.38 bits per heavy atom. The summed E-state index contributed by atoms with van der Waals surface area (Å²) in [6, 6.07) is 0. The first kappa shape index (κ1) is 13.2. The fourth-order valence-electron chi connectivity index (χ4n) is 0.871. The van der Waals surface area contributed by atoms with Gasteiger partial charge in [-0.05, 0) is 39.9 Å². The van der Waals surface area contributed by atoms with Crippen molar-refractivity contribution in [3.8, 4) is 0 Å². The summed E-state index contributed by atoms with van der Waals surface area (Å²) >= 11 is 4.16. The van der Waals surface area contributed by atoms with Crippen molar-refractivity contribution in [3.05, 3.63) is 0 Å². The molecule has 4 nitrogen and oxygen atoms in total. The maximum absolute atomic E-state index is 10.5. The molecule has 0 spiro atoms. The lowest BCUT2D eigenvalue weighted by molar-refractivity contribution is 0.290. The molecule has 0 saturated heterocycles. The minimum atomic E-state index is -3.40. The Kier molecular flexibility index (Phi) is 6.79. The minimum Gasteiger partial charge on any atom is -0.309 e. The van der Waals surface area contributed by atoms with Crippen LogP contribution in [-0.2, 0) is 24.4 Å². The third-order valence-electron chi connectivity index (χ3n) is 1.48. The second-order valence-electron chi connectivity index (χ2n) is 3.11. The van der Waals surface area contributed by atoms with Crippen LogP contribution in [0.5, 0.6) is 0 Å². The minimum absolute atomic E-state index is 0.270. The Morgan fingerprint density at radius 3 is 2.46 bits per heavy atom. The van der Waals surface area contributed by atoms with Gasteiger partial charge in [0.2, 0.25) is 0 Å². The highest BCUT2D eigenvalue weighted by atomic mass is 32.9. The number of rotatable bonds is 7. The van der Waals surface area contributed by atoms with Gasteiger partial charge in [-0.3, -0.25) is 8.74 Å². The number of unbranched alkanes of at least 4 members (excludes halogenated alkanes) is 2. The van der Waals surface area contributed by atoms with E-state index < -0.39 is 9.05 Å². The molecule has 0 bridgehead atoms. The molecule has 0 aliphatic rings. The fraction of sp³-hybridized carbons (Fsp3) is 1.00. The van der Waals surface area contributed by atoms with Crippen molar-refractivity contribution in [2.75, 3.05) is 27.2 Å². The third kappa shape index (κ3) is 12.2. The molecule has 1 atom stereocenters. The van der Waals surface area contributed by atoms with Gasteiger partial charge >= 0.3 is 0 Å². The van der Waals surface area contributed by atoms with Gasteiger partial charge in [-0.25, -0.2) is 0 Å². The predicted octanol–water partition coefficient (Wildman–Crippen LogP) is 0.869. The Morgan fingerprint density at radius 2 is 2.00 bits per heavy atom. The van der Waals surface area contributed by atoms with Crippen LogP contribution >= 0.6 is 0 Å². The molecule has 0 radical (unpaired) electrons. The van der Waals surface area contributed by atoms with Crippen LogP contribution in [0.2, 0.25) is 0 Å².